The fourth-order valence-corrected chi connectivity index (χ4v) is 0. The van der Waals surface area contributed by atoms with E-state index in [2.05, 4.69) is 13.3 Å². The van der Waals surface area contributed by atoms with E-state index in [1.54, 1.807) is 0 Å². The van der Waals surface area contributed by atoms with Gasteiger partial charge in [0.25, 0.3) is 0 Å². The largest absolute Gasteiger partial charge is 0.577 e. The van der Waals surface area contributed by atoms with Crippen molar-refractivity contribution in [1.82, 2.24) is 0 Å². The van der Waals surface area contributed by atoms with E-state index >= 15 is 0 Å². The van der Waals surface area contributed by atoms with Crippen molar-refractivity contribution in [2.24, 2.45) is 0 Å². The first kappa shape index (κ1) is 30.7. The summed E-state index contributed by atoms with van der Waals surface area (Å²) in [5.74, 6) is 0. The van der Waals surface area contributed by atoms with Gasteiger partial charge in [0.15, 0.2) is 0 Å². The van der Waals surface area contributed by atoms with Crippen molar-refractivity contribution >= 4 is 0 Å². The van der Waals surface area contributed by atoms with E-state index < -0.39 is 0 Å². The Kier molecular flexibility index (Phi) is 3020. The zero-order valence-corrected chi connectivity index (χ0v) is 4.05. The zero-order chi connectivity index (χ0) is 6.00. The predicted molar refractivity (Wildman–Crippen MR) is 14.6 cm³/mol. The normalized spacial score (nSPS) is 1.14. The van der Waals surface area contributed by atoms with Crippen LogP contribution in [0.5, 0.6) is 0 Å². The van der Waals surface area contributed by atoms with Crippen LogP contribution in [-0.2, 0) is 26.1 Å². The molecule has 4 nitrogen and oxygen atoms in total. The van der Waals surface area contributed by atoms with Crippen LogP contribution in [0.2, 0.25) is 0 Å². The van der Waals surface area contributed by atoms with Crippen molar-refractivity contribution < 1.29 is 26.1 Å². The zero-order valence-electron chi connectivity index (χ0n) is 3.01. The van der Waals surface area contributed by atoms with Gasteiger partial charge in [-0.25, -0.2) is 0 Å². The molecule has 0 saturated carbocycles. The van der Waals surface area contributed by atoms with Crippen molar-refractivity contribution in [1.29, 1.82) is 0 Å². The van der Waals surface area contributed by atoms with Crippen molar-refractivity contribution in [2.45, 2.75) is 0 Å². The van der Waals surface area contributed by atoms with Crippen molar-refractivity contribution in [3.8, 4) is 0 Å². The van der Waals surface area contributed by atoms with Crippen LogP contribution in [0.4, 0.5) is 0 Å². The Hall–Kier alpha value is -0.414. The van der Waals surface area contributed by atoms with Gasteiger partial charge in [-0.1, -0.05) is 0 Å². The predicted octanol–water partition coefficient (Wildman–Crippen LogP) is 0.245. The smallest absolute Gasteiger partial charge is 0 e. The molecule has 0 N–H and O–H groups in total. The summed E-state index contributed by atoms with van der Waals surface area (Å²) in [5.41, 5.74) is 5.75. The second-order valence-corrected chi connectivity index (χ2v) is 0. The maximum absolute atomic E-state index is 7.50. The van der Waals surface area contributed by atoms with E-state index in [9.17, 15) is 0 Å². The molecule has 1 radical (unpaired) electrons. The van der Waals surface area contributed by atoms with Crippen LogP contribution < -0.4 is 0 Å². The van der Waals surface area contributed by atoms with Crippen LogP contribution in [-0.4, -0.2) is 0 Å². The molecule has 0 fully saturated rings. The van der Waals surface area contributed by atoms with Gasteiger partial charge < -0.3 is 10.5 Å². The molecular weight excluding hydrogens is 145 g/mol. The van der Waals surface area contributed by atoms with Gasteiger partial charge in [0.2, 0.25) is 0 Å². The third-order valence-corrected chi connectivity index (χ3v) is 0. The summed E-state index contributed by atoms with van der Waals surface area (Å²) in [6.07, 6.45) is 0. The van der Waals surface area contributed by atoms with Gasteiger partial charge in [-0.15, -0.1) is 0 Å². The molecule has 0 bridgehead atoms. The maximum Gasteiger partial charge on any atom is 0 e. The van der Waals surface area contributed by atoms with E-state index in [0.717, 1.165) is 0 Å². The first-order valence-corrected chi connectivity index (χ1v) is 0.591. The molecule has 7 heavy (non-hydrogen) atoms. The van der Waals surface area contributed by atoms with Gasteiger partial charge in [0, 0.05) is 16.8 Å². The molecule has 0 rings (SSSR count). The number of nitroso groups, excluding NO2 is 1. The standard InChI is InChI=1S/2CO.Co.NO/c2*1-2;;1-2/q;;;-1. The van der Waals surface area contributed by atoms with E-state index in [1.807, 2.05) is 0 Å². The van der Waals surface area contributed by atoms with Crippen molar-refractivity contribution in [3.05, 3.63) is 23.8 Å². The molecule has 0 spiro atoms. The van der Waals surface area contributed by atoms with Gasteiger partial charge >= 0.3 is 22.6 Å². The Morgan fingerprint density at radius 3 is 1.00 bits per heavy atom. The molecule has 0 saturated heterocycles. The number of hydrogen-bond acceptors (Lipinski definition) is 1. The average molecular weight is 145 g/mol. The molecule has 0 aromatic rings. The van der Waals surface area contributed by atoms with Gasteiger partial charge in [0.1, 0.15) is 0 Å². The molecule has 0 atom stereocenters. The Morgan fingerprint density at radius 1 is 1.00 bits per heavy atom. The molecule has 41 valence electrons. The van der Waals surface area contributed by atoms with Crippen molar-refractivity contribution in [2.75, 3.05) is 0 Å². The first-order valence-electron chi connectivity index (χ1n) is 0.591. The summed E-state index contributed by atoms with van der Waals surface area (Å²) in [6, 6.07) is 0. The van der Waals surface area contributed by atoms with Gasteiger partial charge in [-0.3, -0.25) is 0 Å². The van der Waals surface area contributed by atoms with E-state index in [-0.39, 0.29) is 16.8 Å². The minimum Gasteiger partial charge on any atom is -0.577 e. The van der Waals surface area contributed by atoms with Gasteiger partial charge in [-0.2, -0.15) is 0 Å². The van der Waals surface area contributed by atoms with Crippen LogP contribution in [0.3, 0.4) is 0 Å². The van der Waals surface area contributed by atoms with Gasteiger partial charge in [-0.05, 0) is 0 Å². The third kappa shape index (κ3) is 420. The van der Waals surface area contributed by atoms with Crippen LogP contribution >= 0.6 is 0 Å². The minimum atomic E-state index is 0. The summed E-state index contributed by atoms with van der Waals surface area (Å²) < 4.78 is 15.0. The summed E-state index contributed by atoms with van der Waals surface area (Å²) in [5, 5.41) is 0. The van der Waals surface area contributed by atoms with Crippen LogP contribution in [0, 0.1) is 18.2 Å². The monoisotopic (exact) mass is 145 g/mol. The van der Waals surface area contributed by atoms with E-state index in [1.165, 1.54) is 0 Å². The number of rotatable bonds is 0. The van der Waals surface area contributed by atoms with Crippen LogP contribution in [0.1, 0.15) is 0 Å². The molecule has 0 unspecified atom stereocenters. The quantitative estimate of drug-likeness (QED) is 0.355. The molecule has 0 aliphatic carbocycles. The second kappa shape index (κ2) is 687. The number of hydrogen-bond donors (Lipinski definition) is 0. The van der Waals surface area contributed by atoms with Crippen molar-refractivity contribution in [3.63, 3.8) is 0 Å². The first-order chi connectivity index (χ1) is 3.00. The fourth-order valence-electron chi connectivity index (χ4n) is 0. The maximum atomic E-state index is 7.50. The Morgan fingerprint density at radius 2 is 1.00 bits per heavy atom. The Bertz CT molecular complexity index is 36.7. The number of nitrogens with zero attached hydrogens (tertiary/aromatic N) is 1. The molecule has 0 aliphatic heterocycles. The molecule has 0 heterocycles. The summed E-state index contributed by atoms with van der Waals surface area (Å²) >= 11 is 0. The van der Waals surface area contributed by atoms with Gasteiger partial charge in [0.05, 0.1) is 0 Å². The molecule has 0 amide bonds. The molecule has 0 aromatic carbocycles. The molecule has 0 aliphatic rings. The van der Waals surface area contributed by atoms with E-state index in [0.29, 0.717) is 0 Å². The Labute approximate surface area is 50.7 Å². The second-order valence-electron chi connectivity index (χ2n) is 0. The van der Waals surface area contributed by atoms with Crippen LogP contribution in [0.25, 0.3) is 5.59 Å². The third-order valence-electron chi connectivity index (χ3n) is 0. The Balaban J connectivity index is -0.00000000900. The SMILES string of the molecule is [C-]#[O+].[C-]#[O+].[Co].[N-]=O. The summed E-state index contributed by atoms with van der Waals surface area (Å²) in [6.45, 7) is 9.00. The topological polar surface area (TPSA) is 79.2 Å². The molecular formula is C2CoNO3-. The van der Waals surface area contributed by atoms with Crippen LogP contribution in [0.15, 0.2) is 0 Å². The molecule has 0 aromatic heterocycles. The van der Waals surface area contributed by atoms with E-state index in [4.69, 9.17) is 19.8 Å². The fraction of sp³-hybridized carbons (Fsp3) is 0. The average Bonchev–Trinajstić information content (AvgIpc) is 1.81. The minimum absolute atomic E-state index is 0. The summed E-state index contributed by atoms with van der Waals surface area (Å²) in [7, 11) is 0. The molecule has 5 heteroatoms. The summed E-state index contributed by atoms with van der Waals surface area (Å²) in [4.78, 5) is 7.25.